The molecule has 0 atom stereocenters. The van der Waals surface area contributed by atoms with Gasteiger partial charge in [-0.25, -0.2) is 4.39 Å². The van der Waals surface area contributed by atoms with Crippen LogP contribution in [0.25, 0.3) is 12.2 Å². The van der Waals surface area contributed by atoms with Gasteiger partial charge in [-0.15, -0.1) is 5.73 Å². The maximum Gasteiger partial charge on any atom is 0.123 e. The number of halogens is 1. The van der Waals surface area contributed by atoms with Crippen LogP contribution in [0.4, 0.5) is 4.39 Å². The predicted molar refractivity (Wildman–Crippen MR) is 92.3 cm³/mol. The zero-order chi connectivity index (χ0) is 16.8. The molecule has 0 saturated carbocycles. The first-order chi connectivity index (χ1) is 11.2. The number of rotatable bonds is 3. The lowest BCUT2D eigenvalue weighted by molar-refractivity contribution is -0.0979. The molecule has 23 heavy (non-hydrogen) atoms. The molecule has 0 spiro atoms. The molecule has 4 heteroatoms. The van der Waals surface area contributed by atoms with Crippen molar-refractivity contribution in [2.75, 3.05) is 0 Å². The average molecular weight is 311 g/mol. The fourth-order valence-corrected chi connectivity index (χ4v) is 2.51. The summed E-state index contributed by atoms with van der Waals surface area (Å²) in [6, 6.07) is 4.69. The molecule has 1 aromatic carbocycles. The van der Waals surface area contributed by atoms with E-state index >= 15 is 0 Å². The van der Waals surface area contributed by atoms with Crippen LogP contribution in [0.15, 0.2) is 41.7 Å². The van der Waals surface area contributed by atoms with Crippen LogP contribution in [0.1, 0.15) is 30.9 Å². The number of H-pyrrole nitrogens is 1. The van der Waals surface area contributed by atoms with Gasteiger partial charge in [0, 0.05) is 7.85 Å². The summed E-state index contributed by atoms with van der Waals surface area (Å²) in [6.45, 7) is 10.0. The summed E-state index contributed by atoms with van der Waals surface area (Å²) in [5.41, 5.74) is 7.86. The van der Waals surface area contributed by atoms with Gasteiger partial charge >= 0.3 is 0 Å². The fraction of sp³-hybridized carbons (Fsp3) is 0.158. The zero-order valence-electron chi connectivity index (χ0n) is 13.0. The monoisotopic (exact) mass is 311 g/mol. The minimum Gasteiger partial charge on any atom is -0.307 e. The number of nitrogens with zero attached hydrogens (tertiary/aromatic N) is 1. The number of benzene rings is 1. The molecule has 0 bridgehead atoms. The molecule has 1 heterocycles. The van der Waals surface area contributed by atoms with Gasteiger partial charge < -0.3 is 4.79 Å². The van der Waals surface area contributed by atoms with E-state index in [2.05, 4.69) is 36.0 Å². The maximum atomic E-state index is 13.5. The van der Waals surface area contributed by atoms with Gasteiger partial charge in [-0.1, -0.05) is 23.8 Å². The van der Waals surface area contributed by atoms with Gasteiger partial charge in [0.25, 0.3) is 0 Å². The average Bonchev–Trinajstić information content (AvgIpc) is 2.68. The third-order valence-electron chi connectivity index (χ3n) is 3.69. The summed E-state index contributed by atoms with van der Waals surface area (Å²) in [7, 11) is 0. The molecular weight excluding hydrogens is 291 g/mol. The lowest BCUT2D eigenvalue weighted by Gasteiger charge is -2.21. The molecule has 0 fully saturated rings. The summed E-state index contributed by atoms with van der Waals surface area (Å²) >= 11 is 0. The summed E-state index contributed by atoms with van der Waals surface area (Å²) in [4.78, 5) is 8.00. The first-order valence-electron chi connectivity index (χ1n) is 7.16. The van der Waals surface area contributed by atoms with E-state index in [4.69, 9.17) is 11.4 Å². The molecule has 1 radical (unpaired) electrons. The number of fused-ring (bicyclic) bond motifs is 1. The highest BCUT2D eigenvalue weighted by Crippen LogP contribution is 2.22. The summed E-state index contributed by atoms with van der Waals surface area (Å²) < 4.78 is 15.5. The lowest BCUT2D eigenvalue weighted by Crippen LogP contribution is -2.20. The number of nitrogens with one attached hydrogen (secondary N) is 1. The van der Waals surface area contributed by atoms with E-state index in [1.54, 1.807) is 12.1 Å². The van der Waals surface area contributed by atoms with Crippen molar-refractivity contribution >= 4 is 18.9 Å². The SMILES string of the molecule is C=O.[CH]=C=Cc1ccc(F)cc1Cn1[nH]c2c1CC=C(C)C=C2.[HH]. The Bertz CT molecular complexity index is 807. The number of allylic oxidation sites excluding steroid dienone is 3. The van der Waals surface area contributed by atoms with E-state index in [9.17, 15) is 4.39 Å². The van der Waals surface area contributed by atoms with Crippen molar-refractivity contribution < 1.29 is 10.6 Å². The second kappa shape index (κ2) is 7.43. The Balaban J connectivity index is 0.000000925. The number of carbonyl (C=O) groups excluding carboxylic acids is 1. The Kier molecular flexibility index (Phi) is 5.34. The van der Waals surface area contributed by atoms with E-state index in [1.807, 2.05) is 11.5 Å². The number of hydrogen-bond donors (Lipinski definition) is 1. The van der Waals surface area contributed by atoms with Crippen molar-refractivity contribution in [1.29, 1.82) is 0 Å². The lowest BCUT2D eigenvalue weighted by atomic mass is 10.1. The molecule has 1 aromatic heterocycles. The molecule has 119 valence electrons. The van der Waals surface area contributed by atoms with Crippen molar-refractivity contribution in [3.63, 3.8) is 0 Å². The second-order valence-electron chi connectivity index (χ2n) is 5.20. The summed E-state index contributed by atoms with van der Waals surface area (Å²) in [5.74, 6) is -0.245. The van der Waals surface area contributed by atoms with Crippen LogP contribution in [0, 0.1) is 12.4 Å². The van der Waals surface area contributed by atoms with E-state index < -0.39 is 0 Å². The van der Waals surface area contributed by atoms with Gasteiger partial charge in [0.05, 0.1) is 17.9 Å². The fourth-order valence-electron chi connectivity index (χ4n) is 2.51. The Morgan fingerprint density at radius 2 is 2.26 bits per heavy atom. The minimum atomic E-state index is -0.245. The molecule has 0 aliphatic heterocycles. The van der Waals surface area contributed by atoms with E-state index in [1.165, 1.54) is 23.4 Å². The Hall–Kier alpha value is -2.84. The zero-order valence-corrected chi connectivity index (χ0v) is 13.0. The van der Waals surface area contributed by atoms with Crippen molar-refractivity contribution in [2.24, 2.45) is 0 Å². The van der Waals surface area contributed by atoms with Crippen LogP contribution in [0.3, 0.4) is 0 Å². The molecule has 1 N–H and O–H groups in total. The number of aromatic amines is 1. The van der Waals surface area contributed by atoms with Crippen LogP contribution in [-0.4, -0.2) is 16.6 Å². The standard InChI is InChI=1S/C18H16FN2.CH2O.H2/c1-3-4-14-7-8-16(19)11-15(14)12-21-18-10-6-13(2)5-9-17(18)20-21;1-2;/h1,4-9,11,20H,10,12H2,2H3;1H2;1H. The first kappa shape index (κ1) is 16.5. The first-order valence-corrected chi connectivity index (χ1v) is 7.16. The quantitative estimate of drug-likeness (QED) is 0.848. The van der Waals surface area contributed by atoms with Crippen molar-refractivity contribution in [1.82, 2.24) is 9.78 Å². The molecule has 0 saturated heterocycles. The molecule has 3 nitrogen and oxygen atoms in total. The maximum absolute atomic E-state index is 13.5. The van der Waals surface area contributed by atoms with E-state index in [0.717, 1.165) is 23.2 Å². The van der Waals surface area contributed by atoms with Crippen LogP contribution in [0.5, 0.6) is 0 Å². The van der Waals surface area contributed by atoms with Gasteiger partial charge in [-0.2, -0.15) is 0 Å². The number of carbonyl (C=O) groups is 1. The number of hydrogen-bond acceptors (Lipinski definition) is 1. The van der Waals surface area contributed by atoms with Crippen molar-refractivity contribution in [2.45, 2.75) is 19.9 Å². The molecule has 1 aliphatic carbocycles. The third kappa shape index (κ3) is 3.68. The predicted octanol–water partition coefficient (Wildman–Crippen LogP) is 4.18. The van der Waals surface area contributed by atoms with Gasteiger partial charge in [0.1, 0.15) is 12.6 Å². The van der Waals surface area contributed by atoms with Gasteiger partial charge in [0.15, 0.2) is 0 Å². The highest BCUT2D eigenvalue weighted by molar-refractivity contribution is 5.56. The highest BCUT2D eigenvalue weighted by Gasteiger charge is 2.14. The normalized spacial score (nSPS) is 12.3. The molecular formula is C19H20FN2O. The van der Waals surface area contributed by atoms with E-state index in [0.29, 0.717) is 6.54 Å². The van der Waals surface area contributed by atoms with Crippen LogP contribution in [-0.2, 0) is 17.8 Å². The molecule has 1 aliphatic rings. The number of aromatic nitrogens is 2. The Morgan fingerprint density at radius 3 is 3.00 bits per heavy atom. The van der Waals surface area contributed by atoms with E-state index in [-0.39, 0.29) is 7.24 Å². The Morgan fingerprint density at radius 1 is 1.48 bits per heavy atom. The largest absolute Gasteiger partial charge is 0.307 e. The summed E-state index contributed by atoms with van der Waals surface area (Å²) in [5, 5.41) is 3.28. The van der Waals surface area contributed by atoms with Crippen LogP contribution >= 0.6 is 0 Å². The molecule has 0 unspecified atom stereocenters. The van der Waals surface area contributed by atoms with Gasteiger partial charge in [-0.3, -0.25) is 9.78 Å². The minimum absolute atomic E-state index is 0. The molecule has 3 rings (SSSR count). The highest BCUT2D eigenvalue weighted by atomic mass is 19.1. The molecule has 0 amide bonds. The van der Waals surface area contributed by atoms with Crippen molar-refractivity contribution in [3.8, 4) is 0 Å². The van der Waals surface area contributed by atoms with Crippen LogP contribution in [0.2, 0.25) is 0 Å². The van der Waals surface area contributed by atoms with Crippen molar-refractivity contribution in [3.05, 3.63) is 76.6 Å². The van der Waals surface area contributed by atoms with Gasteiger partial charge in [0.2, 0.25) is 0 Å². The second-order valence-corrected chi connectivity index (χ2v) is 5.20. The summed E-state index contributed by atoms with van der Waals surface area (Å²) in [6.07, 6.45) is 8.90. The smallest absolute Gasteiger partial charge is 0.123 e. The van der Waals surface area contributed by atoms with Crippen LogP contribution < -0.4 is 0 Å². The molecule has 2 aromatic rings. The van der Waals surface area contributed by atoms with Gasteiger partial charge in [-0.05, 0) is 48.9 Å². The third-order valence-corrected chi connectivity index (χ3v) is 3.69. The topological polar surface area (TPSA) is 37.8 Å². The Labute approximate surface area is 136 Å².